The molecule has 0 radical (unpaired) electrons. The molecule has 0 atom stereocenters. The lowest BCUT2D eigenvalue weighted by molar-refractivity contribution is 0.0600. The van der Waals surface area contributed by atoms with Crippen LogP contribution in [0.4, 0.5) is 0 Å². The fourth-order valence-corrected chi connectivity index (χ4v) is 4.03. The summed E-state index contributed by atoms with van der Waals surface area (Å²) in [5.74, 6) is 1.00. The Morgan fingerprint density at radius 3 is 1.86 bits per heavy atom. The first-order chi connectivity index (χ1) is 17.6. The Labute approximate surface area is 217 Å². The Morgan fingerprint density at radius 2 is 1.35 bits per heavy atom. The van der Waals surface area contributed by atoms with E-state index in [1.165, 1.54) is 7.11 Å². The van der Waals surface area contributed by atoms with Crippen LogP contribution in [0.5, 0.6) is 23.0 Å². The first kappa shape index (κ1) is 27.6. The maximum Gasteiger partial charge on any atom is 0.337 e. The van der Waals surface area contributed by atoms with E-state index in [-0.39, 0.29) is 12.4 Å². The third kappa shape index (κ3) is 7.04. The first-order valence-electron chi connectivity index (χ1n) is 11.3. The maximum atomic E-state index is 11.9. The smallest absolute Gasteiger partial charge is 0.337 e. The monoisotopic (exact) mass is 526 g/mol. The number of allylic oxidation sites excluding steroid dienone is 1. The third-order valence-corrected chi connectivity index (χ3v) is 5.85. The van der Waals surface area contributed by atoms with Gasteiger partial charge >= 0.3 is 16.1 Å². The average molecular weight is 527 g/mol. The number of esters is 1. The van der Waals surface area contributed by atoms with Crippen LogP contribution in [0.1, 0.15) is 24.2 Å². The van der Waals surface area contributed by atoms with Crippen molar-refractivity contribution in [3.05, 3.63) is 71.8 Å². The molecule has 0 spiro atoms. The van der Waals surface area contributed by atoms with E-state index in [1.54, 1.807) is 62.8 Å². The van der Waals surface area contributed by atoms with Crippen LogP contribution < -0.4 is 18.4 Å². The highest BCUT2D eigenvalue weighted by Gasteiger charge is 2.18. The molecule has 3 rings (SSSR count). The van der Waals surface area contributed by atoms with Gasteiger partial charge in [-0.15, -0.1) is 0 Å². The Kier molecular flexibility index (Phi) is 8.83. The molecule has 0 aliphatic heterocycles. The molecule has 0 aromatic heterocycles. The quantitative estimate of drug-likeness (QED) is 0.194. The zero-order chi connectivity index (χ0) is 27.2. The Hall–Kier alpha value is -3.98. The predicted molar refractivity (Wildman–Crippen MR) is 142 cm³/mol. The molecule has 37 heavy (non-hydrogen) atoms. The van der Waals surface area contributed by atoms with Gasteiger partial charge in [-0.25, -0.2) is 4.79 Å². The molecule has 0 bridgehead atoms. The van der Waals surface area contributed by atoms with E-state index in [1.807, 2.05) is 26.0 Å². The van der Waals surface area contributed by atoms with Gasteiger partial charge in [-0.3, -0.25) is 0 Å². The minimum Gasteiger partial charge on any atom is -0.496 e. The molecule has 8 nitrogen and oxygen atoms in total. The number of methoxy groups -OCH3 is 3. The Bertz CT molecular complexity index is 1400. The van der Waals surface area contributed by atoms with Crippen molar-refractivity contribution < 1.29 is 36.3 Å². The summed E-state index contributed by atoms with van der Waals surface area (Å²) < 4.78 is 50.9. The summed E-state index contributed by atoms with van der Waals surface area (Å²) in [4.78, 5) is 11.8. The van der Waals surface area contributed by atoms with Crippen LogP contribution in [0.15, 0.2) is 66.2 Å². The number of benzene rings is 3. The second kappa shape index (κ2) is 11.8. The SMILES string of the molecule is COC(=O)c1ccc(-c2cc(OC)c(-c3ccc(OCC=C(C)C)c(OS(C)(=O)=O)c3)cc2OC)cc1. The van der Waals surface area contributed by atoms with Gasteiger partial charge in [0, 0.05) is 11.1 Å². The van der Waals surface area contributed by atoms with Crippen LogP contribution in [-0.2, 0) is 14.9 Å². The van der Waals surface area contributed by atoms with Crippen LogP contribution in [-0.4, -0.2) is 48.6 Å². The molecule has 0 aliphatic carbocycles. The average Bonchev–Trinajstić information content (AvgIpc) is 2.87. The highest BCUT2D eigenvalue weighted by Crippen LogP contribution is 2.43. The van der Waals surface area contributed by atoms with Crippen molar-refractivity contribution in [2.24, 2.45) is 0 Å². The van der Waals surface area contributed by atoms with Gasteiger partial charge in [0.2, 0.25) is 0 Å². The van der Waals surface area contributed by atoms with E-state index in [9.17, 15) is 13.2 Å². The van der Waals surface area contributed by atoms with Crippen molar-refractivity contribution in [3.63, 3.8) is 0 Å². The number of rotatable bonds is 10. The number of hydrogen-bond acceptors (Lipinski definition) is 8. The van der Waals surface area contributed by atoms with Gasteiger partial charge in [-0.05, 0) is 67.4 Å². The van der Waals surface area contributed by atoms with E-state index >= 15 is 0 Å². The van der Waals surface area contributed by atoms with Crippen molar-refractivity contribution >= 4 is 16.1 Å². The molecular weight excluding hydrogens is 496 g/mol. The molecule has 0 fully saturated rings. The van der Waals surface area contributed by atoms with Gasteiger partial charge in [0.05, 0.1) is 33.1 Å². The normalized spacial score (nSPS) is 10.9. The van der Waals surface area contributed by atoms with Crippen molar-refractivity contribution in [3.8, 4) is 45.3 Å². The van der Waals surface area contributed by atoms with Gasteiger partial charge in [0.1, 0.15) is 18.1 Å². The summed E-state index contributed by atoms with van der Waals surface area (Å²) >= 11 is 0. The molecule has 0 saturated heterocycles. The van der Waals surface area contributed by atoms with Gasteiger partial charge < -0.3 is 23.1 Å². The summed E-state index contributed by atoms with van der Waals surface area (Å²) in [6.45, 7) is 4.15. The number of ether oxygens (including phenoxy) is 4. The van der Waals surface area contributed by atoms with E-state index in [0.29, 0.717) is 33.9 Å². The Balaban J connectivity index is 2.08. The molecule has 9 heteroatoms. The van der Waals surface area contributed by atoms with Crippen LogP contribution in [0, 0.1) is 0 Å². The lowest BCUT2D eigenvalue weighted by Crippen LogP contribution is -2.08. The van der Waals surface area contributed by atoms with Gasteiger partial charge in [-0.2, -0.15) is 8.42 Å². The molecule has 0 heterocycles. The number of hydrogen-bond donors (Lipinski definition) is 0. The minimum atomic E-state index is -3.81. The summed E-state index contributed by atoms with van der Waals surface area (Å²) in [6.07, 6.45) is 2.85. The fraction of sp³-hybridized carbons (Fsp3) is 0.250. The lowest BCUT2D eigenvalue weighted by atomic mass is 9.97. The van der Waals surface area contributed by atoms with Crippen molar-refractivity contribution in [2.45, 2.75) is 13.8 Å². The van der Waals surface area contributed by atoms with Crippen LogP contribution in [0.25, 0.3) is 22.3 Å². The van der Waals surface area contributed by atoms with Crippen molar-refractivity contribution in [1.29, 1.82) is 0 Å². The molecule has 0 unspecified atom stereocenters. The summed E-state index contributed by atoms with van der Waals surface area (Å²) in [5, 5.41) is 0. The van der Waals surface area contributed by atoms with E-state index < -0.39 is 16.1 Å². The maximum absolute atomic E-state index is 11.9. The van der Waals surface area contributed by atoms with E-state index in [2.05, 4.69) is 0 Å². The van der Waals surface area contributed by atoms with Gasteiger partial charge in [0.25, 0.3) is 0 Å². The highest BCUT2D eigenvalue weighted by atomic mass is 32.2. The molecule has 196 valence electrons. The lowest BCUT2D eigenvalue weighted by Gasteiger charge is -2.17. The van der Waals surface area contributed by atoms with E-state index in [4.69, 9.17) is 23.1 Å². The molecule has 0 amide bonds. The highest BCUT2D eigenvalue weighted by molar-refractivity contribution is 7.86. The minimum absolute atomic E-state index is 0.0608. The topological polar surface area (TPSA) is 97.4 Å². The zero-order valence-corrected chi connectivity index (χ0v) is 22.5. The number of carbonyl (C=O) groups excluding carboxylic acids is 1. The van der Waals surface area contributed by atoms with Crippen molar-refractivity contribution in [2.75, 3.05) is 34.2 Å². The van der Waals surface area contributed by atoms with Gasteiger partial charge in [0.15, 0.2) is 11.5 Å². The molecular formula is C28H30O8S. The molecule has 0 N–H and O–H groups in total. The second-order valence-electron chi connectivity index (χ2n) is 8.36. The van der Waals surface area contributed by atoms with Crippen LogP contribution >= 0.6 is 0 Å². The molecule has 3 aromatic rings. The first-order valence-corrected chi connectivity index (χ1v) is 13.1. The zero-order valence-electron chi connectivity index (χ0n) is 21.7. The largest absolute Gasteiger partial charge is 0.496 e. The molecule has 0 saturated carbocycles. The fourth-order valence-electron chi connectivity index (χ4n) is 3.57. The van der Waals surface area contributed by atoms with Crippen molar-refractivity contribution in [1.82, 2.24) is 0 Å². The van der Waals surface area contributed by atoms with E-state index in [0.717, 1.165) is 23.0 Å². The molecule has 0 aliphatic rings. The Morgan fingerprint density at radius 1 is 0.784 bits per heavy atom. The van der Waals surface area contributed by atoms with Crippen LogP contribution in [0.2, 0.25) is 0 Å². The third-order valence-electron chi connectivity index (χ3n) is 5.36. The second-order valence-corrected chi connectivity index (χ2v) is 9.94. The van der Waals surface area contributed by atoms with Crippen LogP contribution in [0.3, 0.4) is 0 Å². The summed E-state index contributed by atoms with van der Waals surface area (Å²) in [5.41, 5.74) is 4.34. The predicted octanol–water partition coefficient (Wildman–Crippen LogP) is 5.51. The van der Waals surface area contributed by atoms with Gasteiger partial charge in [-0.1, -0.05) is 23.8 Å². The summed E-state index contributed by atoms with van der Waals surface area (Å²) in [6, 6.07) is 15.6. The molecule has 3 aromatic carbocycles. The summed E-state index contributed by atoms with van der Waals surface area (Å²) in [7, 11) is 0.617. The number of carbonyl (C=O) groups is 1. The standard InChI is InChI=1S/C28H30O8S/c1-18(2)13-14-35-24-12-11-21(15-27(24)36-37(6,30)31)23-17-25(32-3)22(16-26(23)33-4)19-7-9-20(10-8-19)28(29)34-5/h7-13,15-17H,14H2,1-6H3.